The maximum atomic E-state index is 13.3. The van der Waals surface area contributed by atoms with Crippen LogP contribution in [0.2, 0.25) is 18.1 Å². The van der Waals surface area contributed by atoms with Gasteiger partial charge in [-0.05, 0) is 62.2 Å². The van der Waals surface area contributed by atoms with E-state index in [-0.39, 0.29) is 15.7 Å². The molecule has 0 unspecified atom stereocenters. The molecule has 0 heterocycles. The van der Waals surface area contributed by atoms with Gasteiger partial charge in [0, 0.05) is 0 Å². The molecule has 0 saturated heterocycles. The first-order valence-corrected chi connectivity index (χ1v) is 14.9. The smallest absolute Gasteiger partial charge is 0.241 e. The molecule has 2 rings (SSSR count). The minimum atomic E-state index is -3.88. The van der Waals surface area contributed by atoms with Crippen molar-refractivity contribution in [1.82, 2.24) is 4.72 Å². The first-order chi connectivity index (χ1) is 14.2. The van der Waals surface area contributed by atoms with Crippen molar-refractivity contribution in [2.45, 2.75) is 76.7 Å². The van der Waals surface area contributed by atoms with Gasteiger partial charge in [-0.1, -0.05) is 62.7 Å². The van der Waals surface area contributed by atoms with E-state index < -0.39 is 30.5 Å². The van der Waals surface area contributed by atoms with E-state index in [2.05, 4.69) is 38.6 Å². The van der Waals surface area contributed by atoms with Gasteiger partial charge < -0.3 is 4.43 Å². The number of hydrogen-bond acceptors (Lipinski definition) is 4. The predicted molar refractivity (Wildman–Crippen MR) is 128 cm³/mol. The zero-order valence-corrected chi connectivity index (χ0v) is 21.6. The van der Waals surface area contributed by atoms with Crippen molar-refractivity contribution in [2.75, 3.05) is 0 Å². The molecule has 0 aliphatic heterocycles. The molecule has 2 aromatic carbocycles. The zero-order chi connectivity index (χ0) is 23.6. The summed E-state index contributed by atoms with van der Waals surface area (Å²) in [5, 5.41) is -0.132. The van der Waals surface area contributed by atoms with Gasteiger partial charge in [0.15, 0.2) is 14.1 Å². The third kappa shape index (κ3) is 6.13. The van der Waals surface area contributed by atoms with Gasteiger partial charge in [0.2, 0.25) is 10.0 Å². The van der Waals surface area contributed by atoms with Gasteiger partial charge in [-0.25, -0.2) is 13.1 Å². The lowest BCUT2D eigenvalue weighted by molar-refractivity contribution is -0.125. The van der Waals surface area contributed by atoms with Crippen LogP contribution in [0.15, 0.2) is 53.4 Å². The number of benzene rings is 2. The summed E-state index contributed by atoms with van der Waals surface area (Å²) in [6, 6.07) is 13.3. The van der Waals surface area contributed by atoms with E-state index in [1.165, 1.54) is 6.92 Å². The van der Waals surface area contributed by atoms with Crippen LogP contribution in [0.4, 0.5) is 0 Å². The fourth-order valence-corrected chi connectivity index (χ4v) is 5.56. The number of nitrogens with one attached hydrogen (secondary N) is 1. The van der Waals surface area contributed by atoms with Crippen molar-refractivity contribution in [3.05, 3.63) is 65.2 Å². The largest absolute Gasteiger partial charge is 0.405 e. The predicted octanol–water partition coefficient (Wildman–Crippen LogP) is 5.30. The molecule has 7 heteroatoms. The molecule has 0 bridgehead atoms. The molecule has 1 N–H and O–H groups in total. The number of aryl methyl sites for hydroxylation is 2. The number of sulfonamides is 1. The lowest BCUT2D eigenvalue weighted by atomic mass is 9.96. The van der Waals surface area contributed by atoms with Gasteiger partial charge in [-0.15, -0.1) is 0 Å². The monoisotopic (exact) mass is 461 g/mol. The summed E-state index contributed by atoms with van der Waals surface area (Å²) in [5.74, 6) is -0.204. The van der Waals surface area contributed by atoms with Gasteiger partial charge in [0.05, 0.1) is 10.9 Å². The number of rotatable bonds is 8. The second-order valence-electron chi connectivity index (χ2n) is 9.68. The summed E-state index contributed by atoms with van der Waals surface area (Å²) in [4.78, 5) is 13.0. The molecule has 0 fully saturated rings. The van der Waals surface area contributed by atoms with Crippen molar-refractivity contribution in [2.24, 2.45) is 0 Å². The summed E-state index contributed by atoms with van der Waals surface area (Å²) >= 11 is 0. The summed E-state index contributed by atoms with van der Waals surface area (Å²) in [5.41, 5.74) is 2.60. The summed E-state index contributed by atoms with van der Waals surface area (Å²) in [6.45, 7) is 15.7. The highest BCUT2D eigenvalue weighted by molar-refractivity contribution is 7.89. The Morgan fingerprint density at radius 2 is 1.55 bits per heavy atom. The van der Waals surface area contributed by atoms with Crippen molar-refractivity contribution in [1.29, 1.82) is 0 Å². The Morgan fingerprint density at radius 3 is 2.03 bits per heavy atom. The average Bonchev–Trinajstić information content (AvgIpc) is 2.64. The number of Topliss-reactive ketones (excluding diaryl/α,β-unsaturated/α-hetero) is 1. The molecular weight excluding hydrogens is 426 g/mol. The van der Waals surface area contributed by atoms with Crippen LogP contribution >= 0.6 is 0 Å². The summed E-state index contributed by atoms with van der Waals surface area (Å²) < 4.78 is 35.8. The Kier molecular flexibility index (Phi) is 7.69. The Balaban J connectivity index is 2.57. The molecule has 0 aliphatic carbocycles. The van der Waals surface area contributed by atoms with Gasteiger partial charge in [0.25, 0.3) is 0 Å². The molecule has 170 valence electrons. The quantitative estimate of drug-likeness (QED) is 0.541. The standard InChI is InChI=1S/C24H35NO4SSi/c1-17-13-15-20(16-14-17)30(27,28)25-22(21-12-10-9-11-18(21)2)23(19(3)26)29-31(7,8)24(4,5)6/h9-16,22-23,25H,1-8H3/t22-,23+/m1/s1. The number of ketones is 1. The average molecular weight is 462 g/mol. The van der Waals surface area contributed by atoms with Crippen molar-refractivity contribution < 1.29 is 17.6 Å². The molecule has 2 atom stereocenters. The van der Waals surface area contributed by atoms with Crippen LogP contribution in [-0.4, -0.2) is 28.6 Å². The highest BCUT2D eigenvalue weighted by Gasteiger charge is 2.43. The van der Waals surface area contributed by atoms with Crippen LogP contribution < -0.4 is 4.72 Å². The molecular formula is C24H35NO4SSi. The topological polar surface area (TPSA) is 72.5 Å². The molecule has 0 saturated carbocycles. The molecule has 0 aliphatic rings. The number of hydrogen-bond donors (Lipinski definition) is 1. The zero-order valence-electron chi connectivity index (χ0n) is 19.8. The van der Waals surface area contributed by atoms with Crippen molar-refractivity contribution in [3.63, 3.8) is 0 Å². The maximum absolute atomic E-state index is 13.3. The molecule has 31 heavy (non-hydrogen) atoms. The van der Waals surface area contributed by atoms with Gasteiger partial charge in [-0.2, -0.15) is 0 Å². The van der Waals surface area contributed by atoms with Crippen molar-refractivity contribution >= 4 is 24.1 Å². The van der Waals surface area contributed by atoms with Gasteiger partial charge >= 0.3 is 0 Å². The van der Waals surface area contributed by atoms with Crippen LogP contribution in [0.3, 0.4) is 0 Å². The second-order valence-corrected chi connectivity index (χ2v) is 16.1. The lowest BCUT2D eigenvalue weighted by Gasteiger charge is -2.41. The van der Waals surface area contributed by atoms with Gasteiger partial charge in [0.1, 0.15) is 6.10 Å². The van der Waals surface area contributed by atoms with E-state index in [1.54, 1.807) is 24.3 Å². The molecule has 0 aromatic heterocycles. The number of carbonyl (C=O) groups excluding carboxylic acids is 1. The van der Waals surface area contributed by atoms with Crippen LogP contribution in [0.5, 0.6) is 0 Å². The van der Waals surface area contributed by atoms with E-state index in [0.29, 0.717) is 0 Å². The maximum Gasteiger partial charge on any atom is 0.241 e. The molecule has 0 amide bonds. The van der Waals surface area contributed by atoms with Gasteiger partial charge in [-0.3, -0.25) is 4.79 Å². The van der Waals surface area contributed by atoms with Crippen LogP contribution in [-0.2, 0) is 19.2 Å². The third-order valence-electron chi connectivity index (χ3n) is 6.07. The SMILES string of the molecule is CC(=O)[C@H](O[Si](C)(C)C(C)(C)C)[C@H](NS(=O)(=O)c1ccc(C)cc1)c1ccccc1C. The first kappa shape index (κ1) is 25.5. The van der Waals surface area contributed by atoms with E-state index in [4.69, 9.17) is 4.43 Å². The molecule has 0 spiro atoms. The fraction of sp³-hybridized carbons (Fsp3) is 0.458. The minimum Gasteiger partial charge on any atom is -0.405 e. The summed E-state index contributed by atoms with van der Waals surface area (Å²) in [6.07, 6.45) is -0.929. The molecule has 5 nitrogen and oxygen atoms in total. The minimum absolute atomic E-state index is 0.132. The van der Waals surface area contributed by atoms with Crippen LogP contribution in [0, 0.1) is 13.8 Å². The Bertz CT molecular complexity index is 1020. The molecule has 0 radical (unpaired) electrons. The first-order valence-electron chi connectivity index (χ1n) is 10.5. The van der Waals surface area contributed by atoms with Crippen LogP contribution in [0.1, 0.15) is 50.4 Å². The van der Waals surface area contributed by atoms with E-state index in [9.17, 15) is 13.2 Å². The van der Waals surface area contributed by atoms with Crippen LogP contribution in [0.25, 0.3) is 0 Å². The number of carbonyl (C=O) groups is 1. The van der Waals surface area contributed by atoms with Crippen molar-refractivity contribution in [3.8, 4) is 0 Å². The Morgan fingerprint density at radius 1 is 1.00 bits per heavy atom. The Hall–Kier alpha value is -1.80. The molecule has 2 aromatic rings. The highest BCUT2D eigenvalue weighted by Crippen LogP contribution is 2.39. The fourth-order valence-electron chi connectivity index (χ4n) is 3.06. The lowest BCUT2D eigenvalue weighted by Crippen LogP contribution is -2.50. The normalized spacial score (nSPS) is 14.8. The Labute approximate surface area is 188 Å². The highest BCUT2D eigenvalue weighted by atomic mass is 32.2. The summed E-state index contributed by atoms with van der Waals surface area (Å²) in [7, 11) is -6.24. The van der Waals surface area contributed by atoms with E-state index >= 15 is 0 Å². The second kappa shape index (κ2) is 9.36. The third-order valence-corrected chi connectivity index (χ3v) is 12.0. The van der Waals surface area contributed by atoms with E-state index in [1.807, 2.05) is 38.1 Å². The van der Waals surface area contributed by atoms with E-state index in [0.717, 1.165) is 16.7 Å².